The van der Waals surface area contributed by atoms with Crippen molar-refractivity contribution in [2.45, 2.75) is 13.5 Å². The molecule has 0 aliphatic heterocycles. The number of carbonyl (C=O) groups is 1. The Kier molecular flexibility index (Phi) is 3.41. The van der Waals surface area contributed by atoms with Crippen molar-refractivity contribution in [3.05, 3.63) is 59.5 Å². The molecule has 5 heteroatoms. The van der Waals surface area contributed by atoms with Crippen LogP contribution in [-0.2, 0) is 6.54 Å². The second kappa shape index (κ2) is 5.38. The second-order valence-corrected chi connectivity index (χ2v) is 4.91. The van der Waals surface area contributed by atoms with Crippen LogP contribution in [0.3, 0.4) is 0 Å². The molecule has 3 aromatic rings. The number of aryl methyl sites for hydroxylation is 1. The molecule has 2 heterocycles. The third kappa shape index (κ3) is 2.64. The van der Waals surface area contributed by atoms with Gasteiger partial charge in [-0.25, -0.2) is 0 Å². The number of rotatable bonds is 3. The van der Waals surface area contributed by atoms with Gasteiger partial charge in [0.2, 0.25) is 0 Å². The van der Waals surface area contributed by atoms with Gasteiger partial charge in [-0.15, -0.1) is 0 Å². The number of aromatic nitrogens is 2. The Morgan fingerprint density at radius 3 is 3.00 bits per heavy atom. The van der Waals surface area contributed by atoms with Crippen molar-refractivity contribution >= 4 is 22.5 Å². The third-order valence-electron chi connectivity index (χ3n) is 3.33. The molecule has 0 bridgehead atoms. The van der Waals surface area contributed by atoms with Gasteiger partial charge in [0, 0.05) is 34.9 Å². The first-order chi connectivity index (χ1) is 10.2. The van der Waals surface area contributed by atoms with Crippen molar-refractivity contribution in [2.24, 2.45) is 5.73 Å². The Morgan fingerprint density at radius 1 is 1.33 bits per heavy atom. The average molecular weight is 280 g/mol. The van der Waals surface area contributed by atoms with Crippen LogP contribution in [0.1, 0.15) is 21.7 Å². The summed E-state index contributed by atoms with van der Waals surface area (Å²) in [7, 11) is 0. The Balaban J connectivity index is 1.92. The van der Waals surface area contributed by atoms with Crippen LogP contribution in [-0.4, -0.2) is 15.9 Å². The Hall–Kier alpha value is -2.66. The maximum absolute atomic E-state index is 12.3. The van der Waals surface area contributed by atoms with Crippen LogP contribution in [0.25, 0.3) is 10.9 Å². The van der Waals surface area contributed by atoms with E-state index in [0.717, 1.165) is 22.3 Å². The highest BCUT2D eigenvalue weighted by molar-refractivity contribution is 6.08. The predicted octanol–water partition coefficient (Wildman–Crippen LogP) is 2.58. The van der Waals surface area contributed by atoms with Gasteiger partial charge in [-0.1, -0.05) is 6.07 Å². The van der Waals surface area contributed by atoms with Crippen LogP contribution < -0.4 is 11.1 Å². The van der Waals surface area contributed by atoms with Crippen LogP contribution in [0, 0.1) is 6.92 Å². The molecule has 0 aliphatic carbocycles. The van der Waals surface area contributed by atoms with Gasteiger partial charge < -0.3 is 16.0 Å². The number of nitrogens with two attached hydrogens (primary N) is 1. The van der Waals surface area contributed by atoms with Crippen LogP contribution in [0.5, 0.6) is 0 Å². The van der Waals surface area contributed by atoms with Gasteiger partial charge in [-0.3, -0.25) is 9.78 Å². The molecule has 0 saturated carbocycles. The Labute approximate surface area is 122 Å². The van der Waals surface area contributed by atoms with Gasteiger partial charge in [0.1, 0.15) is 0 Å². The van der Waals surface area contributed by atoms with E-state index in [4.69, 9.17) is 5.73 Å². The quantitative estimate of drug-likeness (QED) is 0.689. The molecule has 4 N–H and O–H groups in total. The number of hydrogen-bond acceptors (Lipinski definition) is 3. The molecule has 0 saturated heterocycles. The van der Waals surface area contributed by atoms with Crippen molar-refractivity contribution < 1.29 is 4.79 Å². The highest BCUT2D eigenvalue weighted by Crippen LogP contribution is 2.24. The molecule has 0 fully saturated rings. The van der Waals surface area contributed by atoms with Crippen molar-refractivity contribution in [2.75, 3.05) is 5.32 Å². The lowest BCUT2D eigenvalue weighted by Gasteiger charge is -2.07. The standard InChI is InChI=1S/C16H16N4O/c1-10-7-13-14(19-10)3-2-4-15(13)20-16(21)11-5-6-18-12(8-11)9-17/h2-8,19H,9,17H2,1H3,(H,20,21). The Bertz CT molecular complexity index is 807. The molecular formula is C16H16N4O. The zero-order chi connectivity index (χ0) is 14.8. The van der Waals surface area contributed by atoms with Gasteiger partial charge in [-0.2, -0.15) is 0 Å². The SMILES string of the molecule is Cc1cc2c(NC(=O)c3ccnc(CN)c3)cccc2[nH]1. The van der Waals surface area contributed by atoms with E-state index in [9.17, 15) is 4.79 Å². The molecular weight excluding hydrogens is 264 g/mol. The molecule has 21 heavy (non-hydrogen) atoms. The number of nitrogens with zero attached hydrogens (tertiary/aromatic N) is 1. The summed E-state index contributed by atoms with van der Waals surface area (Å²) in [5.41, 5.74) is 9.64. The summed E-state index contributed by atoms with van der Waals surface area (Å²) >= 11 is 0. The van der Waals surface area contributed by atoms with Crippen LogP contribution in [0.4, 0.5) is 5.69 Å². The zero-order valence-electron chi connectivity index (χ0n) is 11.7. The van der Waals surface area contributed by atoms with E-state index in [1.807, 2.05) is 31.2 Å². The maximum Gasteiger partial charge on any atom is 0.255 e. The van der Waals surface area contributed by atoms with E-state index in [-0.39, 0.29) is 5.91 Å². The summed E-state index contributed by atoms with van der Waals surface area (Å²) in [6.07, 6.45) is 1.60. The number of anilines is 1. The number of amides is 1. The van der Waals surface area contributed by atoms with Gasteiger partial charge in [0.15, 0.2) is 0 Å². The van der Waals surface area contributed by atoms with Crippen LogP contribution in [0.15, 0.2) is 42.6 Å². The molecule has 0 unspecified atom stereocenters. The van der Waals surface area contributed by atoms with E-state index in [0.29, 0.717) is 17.8 Å². The highest BCUT2D eigenvalue weighted by Gasteiger charge is 2.10. The first kappa shape index (κ1) is 13.3. The fourth-order valence-corrected chi connectivity index (χ4v) is 2.33. The third-order valence-corrected chi connectivity index (χ3v) is 3.33. The minimum atomic E-state index is -0.168. The minimum Gasteiger partial charge on any atom is -0.359 e. The van der Waals surface area contributed by atoms with Crippen molar-refractivity contribution in [3.63, 3.8) is 0 Å². The van der Waals surface area contributed by atoms with Crippen molar-refractivity contribution in [1.29, 1.82) is 0 Å². The number of benzene rings is 1. The molecule has 0 atom stereocenters. The second-order valence-electron chi connectivity index (χ2n) is 4.91. The molecule has 0 aliphatic rings. The minimum absolute atomic E-state index is 0.168. The number of pyridine rings is 1. The molecule has 0 spiro atoms. The number of aromatic amines is 1. The lowest BCUT2D eigenvalue weighted by Crippen LogP contribution is -2.13. The topological polar surface area (TPSA) is 83.8 Å². The van der Waals surface area contributed by atoms with Gasteiger partial charge >= 0.3 is 0 Å². The molecule has 106 valence electrons. The van der Waals surface area contributed by atoms with Crippen LogP contribution >= 0.6 is 0 Å². The molecule has 5 nitrogen and oxygen atoms in total. The van der Waals surface area contributed by atoms with Gasteiger partial charge in [0.25, 0.3) is 5.91 Å². The lowest BCUT2D eigenvalue weighted by molar-refractivity contribution is 0.102. The van der Waals surface area contributed by atoms with Crippen molar-refractivity contribution in [1.82, 2.24) is 9.97 Å². The fraction of sp³-hybridized carbons (Fsp3) is 0.125. The normalized spacial score (nSPS) is 10.8. The smallest absolute Gasteiger partial charge is 0.255 e. The lowest BCUT2D eigenvalue weighted by atomic mass is 10.1. The first-order valence-corrected chi connectivity index (χ1v) is 6.72. The highest BCUT2D eigenvalue weighted by atomic mass is 16.1. The summed E-state index contributed by atoms with van der Waals surface area (Å²) in [6.45, 7) is 2.30. The summed E-state index contributed by atoms with van der Waals surface area (Å²) in [4.78, 5) is 19.7. The van der Waals surface area contributed by atoms with E-state index in [2.05, 4.69) is 15.3 Å². The number of fused-ring (bicyclic) bond motifs is 1. The molecule has 1 aromatic carbocycles. The fourth-order valence-electron chi connectivity index (χ4n) is 2.33. The largest absolute Gasteiger partial charge is 0.359 e. The van der Waals surface area contributed by atoms with E-state index in [1.54, 1.807) is 18.3 Å². The monoisotopic (exact) mass is 280 g/mol. The zero-order valence-corrected chi connectivity index (χ0v) is 11.7. The summed E-state index contributed by atoms with van der Waals surface area (Å²) in [5, 5.41) is 3.94. The summed E-state index contributed by atoms with van der Waals surface area (Å²) in [5.74, 6) is -0.168. The molecule has 0 radical (unpaired) electrons. The summed E-state index contributed by atoms with van der Waals surface area (Å²) < 4.78 is 0. The van der Waals surface area contributed by atoms with Crippen molar-refractivity contribution in [3.8, 4) is 0 Å². The number of hydrogen-bond donors (Lipinski definition) is 3. The molecule has 1 amide bonds. The number of nitrogens with one attached hydrogen (secondary N) is 2. The number of carbonyl (C=O) groups excluding carboxylic acids is 1. The van der Waals surface area contributed by atoms with E-state index >= 15 is 0 Å². The molecule has 3 rings (SSSR count). The van der Waals surface area contributed by atoms with E-state index in [1.165, 1.54) is 0 Å². The van der Waals surface area contributed by atoms with E-state index < -0.39 is 0 Å². The Morgan fingerprint density at radius 2 is 2.19 bits per heavy atom. The van der Waals surface area contributed by atoms with Crippen LogP contribution in [0.2, 0.25) is 0 Å². The first-order valence-electron chi connectivity index (χ1n) is 6.72. The predicted molar refractivity (Wildman–Crippen MR) is 83.1 cm³/mol. The number of H-pyrrole nitrogens is 1. The molecule has 2 aromatic heterocycles. The van der Waals surface area contributed by atoms with Gasteiger partial charge in [-0.05, 0) is 37.3 Å². The van der Waals surface area contributed by atoms with Gasteiger partial charge in [0.05, 0.1) is 11.4 Å². The maximum atomic E-state index is 12.3. The summed E-state index contributed by atoms with van der Waals surface area (Å²) in [6, 6.07) is 11.2. The average Bonchev–Trinajstić information content (AvgIpc) is 2.88.